The first-order valence-electron chi connectivity index (χ1n) is 13.0. The van der Waals surface area contributed by atoms with Gasteiger partial charge >= 0.3 is 18.0 Å². The van der Waals surface area contributed by atoms with Gasteiger partial charge in [0.2, 0.25) is 5.91 Å². The van der Waals surface area contributed by atoms with Crippen molar-refractivity contribution in [1.82, 2.24) is 0 Å². The molecule has 11 nitrogen and oxygen atoms in total. The van der Waals surface area contributed by atoms with E-state index in [1.165, 1.54) is 6.07 Å². The predicted molar refractivity (Wildman–Crippen MR) is 153 cm³/mol. The van der Waals surface area contributed by atoms with E-state index in [1.54, 1.807) is 67.6 Å². The van der Waals surface area contributed by atoms with Crippen molar-refractivity contribution < 1.29 is 33.8 Å². The molecule has 11 heteroatoms. The van der Waals surface area contributed by atoms with Crippen LogP contribution in [0, 0.1) is 6.92 Å². The molecule has 3 aromatic carbocycles. The number of rotatable bonds is 13. The summed E-state index contributed by atoms with van der Waals surface area (Å²) in [6.07, 6.45) is -0.217. The normalized spacial score (nSPS) is 12.1. The first-order valence-corrected chi connectivity index (χ1v) is 13.0. The van der Waals surface area contributed by atoms with Gasteiger partial charge < -0.3 is 31.4 Å². The number of ether oxygens (including phenoxy) is 2. The van der Waals surface area contributed by atoms with Gasteiger partial charge in [-0.1, -0.05) is 36.4 Å². The van der Waals surface area contributed by atoms with E-state index in [0.29, 0.717) is 28.9 Å². The fraction of sp³-hybridized carbons (Fsp3) is 0.267. The van der Waals surface area contributed by atoms with Crippen molar-refractivity contribution in [2.24, 2.45) is 11.5 Å². The Balaban J connectivity index is 1.56. The molecular formula is C30H34N4O7. The van der Waals surface area contributed by atoms with Crippen LogP contribution in [-0.2, 0) is 25.5 Å². The molecule has 0 radical (unpaired) electrons. The highest BCUT2D eigenvalue weighted by Crippen LogP contribution is 2.24. The summed E-state index contributed by atoms with van der Waals surface area (Å²) in [5.41, 5.74) is 15.5. The lowest BCUT2D eigenvalue weighted by atomic mass is 9.98. The third kappa shape index (κ3) is 9.07. The molecule has 216 valence electrons. The molecule has 0 saturated carbocycles. The van der Waals surface area contributed by atoms with E-state index in [9.17, 15) is 24.3 Å². The lowest BCUT2D eigenvalue weighted by Gasteiger charge is -2.18. The van der Waals surface area contributed by atoms with Gasteiger partial charge in [0.15, 0.2) is 6.04 Å². The van der Waals surface area contributed by atoms with Crippen LogP contribution < -0.4 is 22.1 Å². The van der Waals surface area contributed by atoms with E-state index >= 15 is 0 Å². The number of benzene rings is 3. The van der Waals surface area contributed by atoms with Gasteiger partial charge in [-0.05, 0) is 66.4 Å². The Kier molecular flexibility index (Phi) is 10.8. The number of aryl methyl sites for hydroxylation is 1. The number of nitrogens with two attached hydrogens (primary N) is 2. The Labute approximate surface area is 237 Å². The van der Waals surface area contributed by atoms with Crippen LogP contribution in [0.15, 0.2) is 66.7 Å². The fourth-order valence-electron chi connectivity index (χ4n) is 4.17. The second kappa shape index (κ2) is 14.5. The fourth-order valence-corrected chi connectivity index (χ4v) is 4.17. The van der Waals surface area contributed by atoms with Crippen LogP contribution in [0.2, 0.25) is 0 Å². The van der Waals surface area contributed by atoms with Gasteiger partial charge in [-0.15, -0.1) is 0 Å². The molecule has 0 aliphatic rings. The summed E-state index contributed by atoms with van der Waals surface area (Å²) in [6, 6.07) is 16.7. The third-order valence-electron chi connectivity index (χ3n) is 6.26. The maximum Gasteiger partial charge on any atom is 0.411 e. The maximum absolute atomic E-state index is 12.3. The molecule has 0 bridgehead atoms. The number of esters is 1. The Hall–Kier alpha value is -4.90. The molecule has 0 saturated heterocycles. The smallest absolute Gasteiger partial charge is 0.411 e. The number of carbonyl (C=O) groups is 4. The highest BCUT2D eigenvalue weighted by Gasteiger charge is 2.21. The quantitative estimate of drug-likeness (QED) is 0.192. The average molecular weight is 563 g/mol. The minimum atomic E-state index is -1.09. The molecule has 0 aliphatic heterocycles. The molecule has 2 atom stereocenters. The van der Waals surface area contributed by atoms with Crippen LogP contribution >= 0.6 is 0 Å². The Morgan fingerprint density at radius 2 is 1.66 bits per heavy atom. The van der Waals surface area contributed by atoms with Gasteiger partial charge in [0.25, 0.3) is 0 Å². The highest BCUT2D eigenvalue weighted by atomic mass is 16.5. The van der Waals surface area contributed by atoms with Crippen molar-refractivity contribution in [2.75, 3.05) is 23.8 Å². The van der Waals surface area contributed by atoms with Crippen molar-refractivity contribution >= 4 is 35.3 Å². The van der Waals surface area contributed by atoms with Gasteiger partial charge in [0.1, 0.15) is 0 Å². The zero-order valence-corrected chi connectivity index (χ0v) is 22.9. The predicted octanol–water partition coefficient (Wildman–Crippen LogP) is 4.08. The zero-order valence-electron chi connectivity index (χ0n) is 22.9. The second-order valence-corrected chi connectivity index (χ2v) is 9.30. The minimum absolute atomic E-state index is 0.0195. The SMILES string of the molecule is CCOC(=O)C[C@@H](N)c1cccc(NC(=O)OCCc2ccc(C(Nc3cccc(C(N)=O)c3)C(=O)O)cc2C)c1. The number of carboxylic acids is 1. The number of amides is 2. The molecule has 3 rings (SSSR count). The number of nitrogens with one attached hydrogen (secondary N) is 2. The first-order chi connectivity index (χ1) is 19.6. The Bertz CT molecular complexity index is 1410. The molecule has 0 fully saturated rings. The van der Waals surface area contributed by atoms with Gasteiger partial charge in [-0.25, -0.2) is 9.59 Å². The number of hydrogen-bond acceptors (Lipinski definition) is 8. The molecule has 0 aliphatic carbocycles. The van der Waals surface area contributed by atoms with Crippen molar-refractivity contribution in [3.05, 3.63) is 94.5 Å². The van der Waals surface area contributed by atoms with E-state index in [2.05, 4.69) is 10.6 Å². The zero-order chi connectivity index (χ0) is 29.9. The summed E-state index contributed by atoms with van der Waals surface area (Å²) < 4.78 is 10.3. The highest BCUT2D eigenvalue weighted by molar-refractivity contribution is 5.94. The summed E-state index contributed by atoms with van der Waals surface area (Å²) in [5.74, 6) is -2.10. The number of primary amides is 1. The van der Waals surface area contributed by atoms with Crippen LogP contribution in [0.25, 0.3) is 0 Å². The Morgan fingerprint density at radius 3 is 2.34 bits per heavy atom. The van der Waals surface area contributed by atoms with E-state index in [0.717, 1.165) is 11.1 Å². The summed E-state index contributed by atoms with van der Waals surface area (Å²) in [5, 5.41) is 15.4. The molecule has 0 spiro atoms. The summed E-state index contributed by atoms with van der Waals surface area (Å²) in [4.78, 5) is 47.5. The lowest BCUT2D eigenvalue weighted by Crippen LogP contribution is -2.21. The Morgan fingerprint density at radius 1 is 0.927 bits per heavy atom. The van der Waals surface area contributed by atoms with Crippen molar-refractivity contribution in [1.29, 1.82) is 0 Å². The maximum atomic E-state index is 12.3. The molecule has 0 heterocycles. The minimum Gasteiger partial charge on any atom is -0.479 e. The van der Waals surface area contributed by atoms with Gasteiger partial charge in [0.05, 0.1) is 19.6 Å². The van der Waals surface area contributed by atoms with E-state index in [1.807, 2.05) is 6.92 Å². The lowest BCUT2D eigenvalue weighted by molar-refractivity contribution is -0.143. The number of carboxylic acid groups (broad SMARTS) is 1. The van der Waals surface area contributed by atoms with Gasteiger partial charge in [-0.2, -0.15) is 0 Å². The van der Waals surface area contributed by atoms with E-state index in [4.69, 9.17) is 20.9 Å². The monoisotopic (exact) mass is 562 g/mol. The molecule has 2 amide bonds. The van der Waals surface area contributed by atoms with Gasteiger partial charge in [-0.3, -0.25) is 14.9 Å². The van der Waals surface area contributed by atoms with Crippen molar-refractivity contribution in [3.63, 3.8) is 0 Å². The molecule has 1 unspecified atom stereocenters. The third-order valence-corrected chi connectivity index (χ3v) is 6.26. The van der Waals surface area contributed by atoms with E-state index < -0.39 is 36.0 Å². The molecule has 3 aromatic rings. The topological polar surface area (TPSA) is 183 Å². The molecule has 7 N–H and O–H groups in total. The van der Waals surface area contributed by atoms with Crippen LogP contribution in [0.4, 0.5) is 16.2 Å². The first kappa shape index (κ1) is 30.6. The molecular weight excluding hydrogens is 528 g/mol. The standard InChI is InChI=1S/C30H34N4O7/c1-3-40-26(35)17-25(31)20-6-4-9-24(15-20)34-30(39)41-13-12-19-10-11-21(14-18(19)2)27(29(37)38)33-23-8-5-7-22(16-23)28(32)36/h4-11,14-16,25,27,33H,3,12-13,17,31H2,1-2H3,(H2,32,36)(H,34,39)(H,37,38)/t25-,27?/m1/s1. The summed E-state index contributed by atoms with van der Waals surface area (Å²) >= 11 is 0. The van der Waals surface area contributed by atoms with Crippen molar-refractivity contribution in [3.8, 4) is 0 Å². The number of hydrogen-bond donors (Lipinski definition) is 5. The van der Waals surface area contributed by atoms with Crippen LogP contribution in [-0.4, -0.2) is 42.3 Å². The number of anilines is 2. The van der Waals surface area contributed by atoms with Crippen molar-refractivity contribution in [2.45, 2.75) is 38.8 Å². The molecule has 41 heavy (non-hydrogen) atoms. The van der Waals surface area contributed by atoms with Crippen LogP contribution in [0.3, 0.4) is 0 Å². The second-order valence-electron chi connectivity index (χ2n) is 9.30. The average Bonchev–Trinajstić information content (AvgIpc) is 2.93. The summed E-state index contributed by atoms with van der Waals surface area (Å²) in [7, 11) is 0. The number of carbonyl (C=O) groups excluding carboxylic acids is 3. The van der Waals surface area contributed by atoms with E-state index in [-0.39, 0.29) is 25.2 Å². The van der Waals surface area contributed by atoms with Gasteiger partial charge in [0, 0.05) is 29.4 Å². The summed E-state index contributed by atoms with van der Waals surface area (Å²) in [6.45, 7) is 3.93. The number of aliphatic carboxylic acids is 1. The van der Waals surface area contributed by atoms with Crippen LogP contribution in [0.5, 0.6) is 0 Å². The molecule has 0 aromatic heterocycles. The largest absolute Gasteiger partial charge is 0.479 e. The van der Waals surface area contributed by atoms with Crippen LogP contribution in [0.1, 0.15) is 58.0 Å².